The van der Waals surface area contributed by atoms with Gasteiger partial charge in [0.25, 0.3) is 11.8 Å². The maximum absolute atomic E-state index is 13.3. The Hall–Kier alpha value is -3.14. The van der Waals surface area contributed by atoms with Gasteiger partial charge >= 0.3 is 0 Å². The molecule has 2 atom stereocenters. The quantitative estimate of drug-likeness (QED) is 0.413. The molecule has 6 N–H and O–H groups in total. The fourth-order valence-corrected chi connectivity index (χ4v) is 5.63. The second-order valence-corrected chi connectivity index (χ2v) is 9.39. The molecule has 33 heavy (non-hydrogen) atoms. The van der Waals surface area contributed by atoms with Crippen LogP contribution in [-0.2, 0) is 11.3 Å². The van der Waals surface area contributed by atoms with Gasteiger partial charge in [-0.05, 0) is 37.0 Å². The normalized spacial score (nSPS) is 27.1. The molecule has 4 aliphatic rings. The average molecular weight is 456 g/mol. The highest BCUT2D eigenvalue weighted by Gasteiger charge is 2.46. The number of amides is 2. The summed E-state index contributed by atoms with van der Waals surface area (Å²) in [6, 6.07) is 4.23. The monoisotopic (exact) mass is 455 g/mol. The number of ether oxygens (including phenoxy) is 1. The average Bonchev–Trinajstić information content (AvgIpc) is 3.42. The van der Waals surface area contributed by atoms with Crippen molar-refractivity contribution in [2.24, 2.45) is 5.73 Å². The lowest BCUT2D eigenvalue weighted by Crippen LogP contribution is -2.76. The van der Waals surface area contributed by atoms with E-state index in [4.69, 9.17) is 10.5 Å². The predicted octanol–water partition coefficient (Wildman–Crippen LogP) is 0.778. The maximum atomic E-state index is 13.3. The van der Waals surface area contributed by atoms with E-state index in [9.17, 15) is 9.59 Å². The molecular formula is C23H33N7O3. The number of hydrogen-bond acceptors (Lipinski definition) is 8. The van der Waals surface area contributed by atoms with Crippen molar-refractivity contribution in [3.05, 3.63) is 34.8 Å². The highest BCUT2D eigenvalue weighted by Crippen LogP contribution is 2.36. The molecule has 0 radical (unpaired) electrons. The molecule has 2 amide bonds. The van der Waals surface area contributed by atoms with Gasteiger partial charge in [-0.15, -0.1) is 0 Å². The lowest BCUT2D eigenvalue weighted by molar-refractivity contribution is -0.123. The Bertz CT molecular complexity index is 1020. The van der Waals surface area contributed by atoms with Gasteiger partial charge in [-0.1, -0.05) is 19.8 Å². The molecule has 0 aromatic heterocycles. The molecule has 3 heterocycles. The Morgan fingerprint density at radius 3 is 2.67 bits per heavy atom. The van der Waals surface area contributed by atoms with Gasteiger partial charge < -0.3 is 30.5 Å². The predicted molar refractivity (Wildman–Crippen MR) is 124 cm³/mol. The number of likely N-dealkylation sites (N-methyl/N-ethyl adjacent to an activating group) is 1. The van der Waals surface area contributed by atoms with E-state index < -0.39 is 5.91 Å². The van der Waals surface area contributed by atoms with Crippen LogP contribution < -0.4 is 31.7 Å². The van der Waals surface area contributed by atoms with Crippen molar-refractivity contribution >= 4 is 17.5 Å². The number of nitrogens with zero attached hydrogens (tertiary/aromatic N) is 2. The summed E-state index contributed by atoms with van der Waals surface area (Å²) >= 11 is 0. The van der Waals surface area contributed by atoms with Crippen LogP contribution in [0.15, 0.2) is 23.7 Å². The first kappa shape index (κ1) is 21.7. The smallest absolute Gasteiger partial charge is 0.275 e. The van der Waals surface area contributed by atoms with E-state index >= 15 is 0 Å². The van der Waals surface area contributed by atoms with E-state index in [0.29, 0.717) is 41.3 Å². The van der Waals surface area contributed by atoms with E-state index in [2.05, 4.69) is 33.1 Å². The number of nitrogens with one attached hydrogen (secondary N) is 4. The van der Waals surface area contributed by atoms with Crippen molar-refractivity contribution in [1.29, 1.82) is 0 Å². The Morgan fingerprint density at radius 2 is 1.97 bits per heavy atom. The van der Waals surface area contributed by atoms with Gasteiger partial charge in [0.2, 0.25) is 5.91 Å². The Balaban J connectivity index is 1.50. The first-order valence-electron chi connectivity index (χ1n) is 11.7. The van der Waals surface area contributed by atoms with Gasteiger partial charge in [0, 0.05) is 37.8 Å². The third-order valence-corrected chi connectivity index (χ3v) is 7.21. The minimum Gasteiger partial charge on any atom is -0.495 e. The van der Waals surface area contributed by atoms with Crippen LogP contribution in [0.5, 0.6) is 5.75 Å². The van der Waals surface area contributed by atoms with Gasteiger partial charge in [0.1, 0.15) is 17.3 Å². The zero-order valence-corrected chi connectivity index (χ0v) is 19.5. The van der Waals surface area contributed by atoms with Crippen LogP contribution in [0.3, 0.4) is 0 Å². The first-order chi connectivity index (χ1) is 15.8. The van der Waals surface area contributed by atoms with Gasteiger partial charge in [0.15, 0.2) is 0 Å². The molecule has 10 nitrogen and oxygen atoms in total. The van der Waals surface area contributed by atoms with Crippen LogP contribution in [0.25, 0.3) is 0 Å². The Morgan fingerprint density at radius 1 is 1.21 bits per heavy atom. The number of anilines is 1. The summed E-state index contributed by atoms with van der Waals surface area (Å²) in [6.45, 7) is 3.43. The molecule has 1 saturated carbocycles. The number of carbonyl (C=O) groups excluding carboxylic acids is 2. The van der Waals surface area contributed by atoms with Crippen LogP contribution in [-0.4, -0.2) is 60.3 Å². The fraction of sp³-hybridized carbons (Fsp3) is 0.565. The van der Waals surface area contributed by atoms with E-state index in [1.54, 1.807) is 13.2 Å². The van der Waals surface area contributed by atoms with Gasteiger partial charge in [-0.3, -0.25) is 20.6 Å². The van der Waals surface area contributed by atoms with Crippen LogP contribution in [0.1, 0.15) is 54.9 Å². The summed E-state index contributed by atoms with van der Waals surface area (Å²) in [5.41, 5.74) is 9.35. The van der Waals surface area contributed by atoms with Gasteiger partial charge in [-0.2, -0.15) is 0 Å². The third-order valence-electron chi connectivity index (χ3n) is 7.21. The molecule has 1 fully saturated rings. The first-order valence-corrected chi connectivity index (χ1v) is 11.7. The number of benzene rings is 1. The lowest BCUT2D eigenvalue weighted by Gasteiger charge is -2.52. The molecule has 3 aliphatic heterocycles. The molecule has 10 heteroatoms. The van der Waals surface area contributed by atoms with Crippen molar-refractivity contribution in [3.8, 4) is 5.75 Å². The molecule has 1 aromatic carbocycles. The molecule has 5 rings (SSSR count). The summed E-state index contributed by atoms with van der Waals surface area (Å²) in [5, 5.41) is 12.4. The molecule has 1 aliphatic carbocycles. The summed E-state index contributed by atoms with van der Waals surface area (Å²) in [5.74, 6) is -0.527. The Kier molecular flexibility index (Phi) is 5.27. The van der Waals surface area contributed by atoms with Gasteiger partial charge in [0.05, 0.1) is 12.8 Å². The van der Waals surface area contributed by atoms with Crippen molar-refractivity contribution in [2.45, 2.75) is 63.6 Å². The Labute approximate surface area is 193 Å². The second-order valence-electron chi connectivity index (χ2n) is 9.39. The van der Waals surface area contributed by atoms with Crippen molar-refractivity contribution in [3.63, 3.8) is 0 Å². The molecule has 0 spiro atoms. The number of carbonyl (C=O) groups is 2. The largest absolute Gasteiger partial charge is 0.495 e. The number of methoxy groups -OCH3 is 1. The van der Waals surface area contributed by atoms with E-state index in [0.717, 1.165) is 37.2 Å². The standard InChI is InChI=1S/C23H33N7O3/c1-4-14-12-29(2)19-20(30(14)15-7-5-6-8-15)27-23(24,28-22(19)32)26-17-9-13-11-25-21(31)16(13)10-18(17)33-3/h9-10,14-15,26-27H,4-8,11-12,24H2,1-3H3,(H,25,31)(H,28,32)/t14?,23-/m1/s1. The van der Waals surface area contributed by atoms with E-state index in [1.165, 1.54) is 12.8 Å². The second kappa shape index (κ2) is 8.02. The summed E-state index contributed by atoms with van der Waals surface area (Å²) in [7, 11) is 3.50. The molecule has 1 unspecified atom stereocenters. The molecule has 178 valence electrons. The van der Waals surface area contributed by atoms with Gasteiger partial charge in [-0.25, -0.2) is 0 Å². The van der Waals surface area contributed by atoms with Crippen LogP contribution >= 0.6 is 0 Å². The molecular weight excluding hydrogens is 422 g/mol. The summed E-state index contributed by atoms with van der Waals surface area (Å²) in [6.07, 6.45) is 5.61. The zero-order chi connectivity index (χ0) is 23.3. The lowest BCUT2D eigenvalue weighted by atomic mass is 10.0. The van der Waals surface area contributed by atoms with Crippen LogP contribution in [0.2, 0.25) is 0 Å². The van der Waals surface area contributed by atoms with Crippen molar-refractivity contribution in [2.75, 3.05) is 26.0 Å². The highest BCUT2D eigenvalue weighted by atomic mass is 16.5. The minimum atomic E-state index is -1.43. The van der Waals surface area contributed by atoms with Crippen molar-refractivity contribution < 1.29 is 14.3 Å². The molecule has 1 aromatic rings. The fourth-order valence-electron chi connectivity index (χ4n) is 5.63. The van der Waals surface area contributed by atoms with E-state index in [1.807, 2.05) is 18.0 Å². The van der Waals surface area contributed by atoms with Crippen LogP contribution in [0.4, 0.5) is 5.69 Å². The number of nitrogens with two attached hydrogens (primary N) is 1. The maximum Gasteiger partial charge on any atom is 0.275 e. The number of rotatable bonds is 5. The summed E-state index contributed by atoms with van der Waals surface area (Å²) < 4.78 is 5.52. The highest BCUT2D eigenvalue weighted by molar-refractivity contribution is 5.99. The third kappa shape index (κ3) is 3.62. The van der Waals surface area contributed by atoms with Crippen LogP contribution in [0, 0.1) is 0 Å². The van der Waals surface area contributed by atoms with E-state index in [-0.39, 0.29) is 11.8 Å². The molecule has 0 saturated heterocycles. The SMILES string of the molecule is CCC1CN(C)C2=C(N[C@@](N)(Nc3cc4c(cc3OC)C(=O)NC4)NC2=O)N1C1CCCC1. The zero-order valence-electron chi connectivity index (χ0n) is 19.5. The number of hydrogen-bond donors (Lipinski definition) is 5. The van der Waals surface area contributed by atoms with Crippen molar-refractivity contribution in [1.82, 2.24) is 25.8 Å². The topological polar surface area (TPSA) is 124 Å². The summed E-state index contributed by atoms with van der Waals surface area (Å²) in [4.78, 5) is 29.8. The number of fused-ring (bicyclic) bond motifs is 1. The minimum absolute atomic E-state index is 0.126. The molecule has 0 bridgehead atoms.